The van der Waals surface area contributed by atoms with E-state index in [1.165, 1.54) is 5.56 Å². The molecule has 2 heteroatoms. The fourth-order valence-electron chi connectivity index (χ4n) is 1.41. The quantitative estimate of drug-likeness (QED) is 0.779. The summed E-state index contributed by atoms with van der Waals surface area (Å²) in [6.07, 6.45) is 2.18. The standard InChI is InChI=1S/C12H19NO/c1-3-11(7-8-13)14-12-6-4-5-10(2)9-12/h4-6,9,11H,3,7-8,13H2,1-2H3. The zero-order chi connectivity index (χ0) is 10.4. The van der Waals surface area contributed by atoms with Crippen LogP contribution in [0.1, 0.15) is 25.3 Å². The number of benzene rings is 1. The summed E-state index contributed by atoms with van der Waals surface area (Å²) in [5.74, 6) is 0.949. The maximum Gasteiger partial charge on any atom is 0.119 e. The Hall–Kier alpha value is -1.02. The largest absolute Gasteiger partial charge is 0.490 e. The van der Waals surface area contributed by atoms with Crippen LogP contribution < -0.4 is 10.5 Å². The molecule has 78 valence electrons. The van der Waals surface area contributed by atoms with Gasteiger partial charge in [-0.15, -0.1) is 0 Å². The molecule has 1 rings (SSSR count). The van der Waals surface area contributed by atoms with Crippen molar-refractivity contribution in [2.75, 3.05) is 6.54 Å². The van der Waals surface area contributed by atoms with Crippen LogP contribution in [0.15, 0.2) is 24.3 Å². The number of ether oxygens (including phenoxy) is 1. The van der Waals surface area contributed by atoms with Gasteiger partial charge in [0.15, 0.2) is 0 Å². The highest BCUT2D eigenvalue weighted by atomic mass is 16.5. The minimum Gasteiger partial charge on any atom is -0.490 e. The van der Waals surface area contributed by atoms with Gasteiger partial charge >= 0.3 is 0 Å². The molecule has 2 nitrogen and oxygen atoms in total. The van der Waals surface area contributed by atoms with Gasteiger partial charge in [-0.05, 0) is 44.0 Å². The Balaban J connectivity index is 2.57. The van der Waals surface area contributed by atoms with Gasteiger partial charge in [0.2, 0.25) is 0 Å². The molecule has 2 N–H and O–H groups in total. The summed E-state index contributed by atoms with van der Waals surface area (Å²) >= 11 is 0. The number of aryl methyl sites for hydroxylation is 1. The van der Waals surface area contributed by atoms with Crippen LogP contribution in [0.2, 0.25) is 0 Å². The second-order valence-electron chi connectivity index (χ2n) is 3.54. The molecule has 1 aromatic carbocycles. The lowest BCUT2D eigenvalue weighted by molar-refractivity contribution is 0.189. The highest BCUT2D eigenvalue weighted by Gasteiger charge is 2.06. The topological polar surface area (TPSA) is 35.2 Å². The third-order valence-corrected chi connectivity index (χ3v) is 2.24. The SMILES string of the molecule is CCC(CCN)Oc1cccc(C)c1. The van der Waals surface area contributed by atoms with E-state index in [0.717, 1.165) is 18.6 Å². The molecule has 0 heterocycles. The van der Waals surface area contributed by atoms with E-state index in [-0.39, 0.29) is 6.10 Å². The van der Waals surface area contributed by atoms with Gasteiger partial charge in [-0.25, -0.2) is 0 Å². The van der Waals surface area contributed by atoms with E-state index in [1.54, 1.807) is 0 Å². The average Bonchev–Trinajstić information content (AvgIpc) is 2.17. The van der Waals surface area contributed by atoms with E-state index in [1.807, 2.05) is 12.1 Å². The van der Waals surface area contributed by atoms with Crippen molar-refractivity contribution in [2.45, 2.75) is 32.8 Å². The predicted octanol–water partition coefficient (Wildman–Crippen LogP) is 2.50. The third kappa shape index (κ3) is 3.38. The zero-order valence-electron chi connectivity index (χ0n) is 8.99. The fourth-order valence-corrected chi connectivity index (χ4v) is 1.41. The predicted molar refractivity (Wildman–Crippen MR) is 59.6 cm³/mol. The van der Waals surface area contributed by atoms with Crippen molar-refractivity contribution in [1.82, 2.24) is 0 Å². The van der Waals surface area contributed by atoms with Crippen LogP contribution in [-0.2, 0) is 0 Å². The summed E-state index contributed by atoms with van der Waals surface area (Å²) in [4.78, 5) is 0. The molecule has 1 atom stereocenters. The molecule has 0 aromatic heterocycles. The number of hydrogen-bond donors (Lipinski definition) is 1. The molecular weight excluding hydrogens is 174 g/mol. The van der Waals surface area contributed by atoms with Crippen molar-refractivity contribution in [2.24, 2.45) is 5.73 Å². The van der Waals surface area contributed by atoms with E-state index in [4.69, 9.17) is 10.5 Å². The maximum absolute atomic E-state index is 5.80. The van der Waals surface area contributed by atoms with Crippen molar-refractivity contribution in [3.8, 4) is 5.75 Å². The lowest BCUT2D eigenvalue weighted by atomic mass is 10.2. The highest BCUT2D eigenvalue weighted by molar-refractivity contribution is 5.27. The fraction of sp³-hybridized carbons (Fsp3) is 0.500. The van der Waals surface area contributed by atoms with Crippen LogP contribution in [0.3, 0.4) is 0 Å². The van der Waals surface area contributed by atoms with Crippen LogP contribution >= 0.6 is 0 Å². The van der Waals surface area contributed by atoms with Gasteiger partial charge in [0, 0.05) is 0 Å². The molecule has 0 aliphatic rings. The van der Waals surface area contributed by atoms with Crippen LogP contribution in [0, 0.1) is 6.92 Å². The van der Waals surface area contributed by atoms with Crippen LogP contribution in [0.4, 0.5) is 0 Å². The van der Waals surface area contributed by atoms with Crippen molar-refractivity contribution >= 4 is 0 Å². The summed E-state index contributed by atoms with van der Waals surface area (Å²) < 4.78 is 5.80. The maximum atomic E-state index is 5.80. The Labute approximate surface area is 86.1 Å². The summed E-state index contributed by atoms with van der Waals surface area (Å²) in [6, 6.07) is 8.13. The number of nitrogens with two attached hydrogens (primary N) is 1. The molecule has 0 amide bonds. The lowest BCUT2D eigenvalue weighted by Gasteiger charge is -2.16. The van der Waals surface area contributed by atoms with E-state index in [2.05, 4.69) is 26.0 Å². The van der Waals surface area contributed by atoms with Gasteiger partial charge < -0.3 is 10.5 Å². The van der Waals surface area contributed by atoms with E-state index in [9.17, 15) is 0 Å². The van der Waals surface area contributed by atoms with E-state index < -0.39 is 0 Å². The molecule has 1 unspecified atom stereocenters. The molecule has 0 radical (unpaired) electrons. The van der Waals surface area contributed by atoms with Crippen molar-refractivity contribution in [3.63, 3.8) is 0 Å². The van der Waals surface area contributed by atoms with Gasteiger partial charge in [0.05, 0.1) is 6.10 Å². The molecule has 0 bridgehead atoms. The Bertz CT molecular complexity index is 273. The lowest BCUT2D eigenvalue weighted by Crippen LogP contribution is -2.19. The molecule has 0 spiro atoms. The first-order chi connectivity index (χ1) is 6.76. The minimum atomic E-state index is 0.252. The van der Waals surface area contributed by atoms with E-state index >= 15 is 0 Å². The molecule has 0 aliphatic carbocycles. The molecule has 0 saturated carbocycles. The molecule has 1 aromatic rings. The van der Waals surface area contributed by atoms with Crippen LogP contribution in [-0.4, -0.2) is 12.6 Å². The summed E-state index contributed by atoms with van der Waals surface area (Å²) in [7, 11) is 0. The first kappa shape index (κ1) is 11.1. The summed E-state index contributed by atoms with van der Waals surface area (Å²) in [5, 5.41) is 0. The molecule has 0 aliphatic heterocycles. The summed E-state index contributed by atoms with van der Waals surface area (Å²) in [5.41, 5.74) is 6.74. The first-order valence-corrected chi connectivity index (χ1v) is 5.19. The van der Waals surface area contributed by atoms with Gasteiger partial charge in [-0.1, -0.05) is 19.1 Å². The average molecular weight is 193 g/mol. The Morgan fingerprint density at radius 3 is 2.79 bits per heavy atom. The monoisotopic (exact) mass is 193 g/mol. The molecule has 14 heavy (non-hydrogen) atoms. The van der Waals surface area contributed by atoms with Crippen LogP contribution in [0.5, 0.6) is 5.75 Å². The Morgan fingerprint density at radius 2 is 2.21 bits per heavy atom. The number of hydrogen-bond acceptors (Lipinski definition) is 2. The Kier molecular flexibility index (Phi) is 4.47. The van der Waals surface area contributed by atoms with Crippen LogP contribution in [0.25, 0.3) is 0 Å². The second-order valence-corrected chi connectivity index (χ2v) is 3.54. The van der Waals surface area contributed by atoms with Gasteiger partial charge in [0.1, 0.15) is 5.75 Å². The highest BCUT2D eigenvalue weighted by Crippen LogP contribution is 2.16. The smallest absolute Gasteiger partial charge is 0.119 e. The normalized spacial score (nSPS) is 12.5. The zero-order valence-corrected chi connectivity index (χ0v) is 8.99. The van der Waals surface area contributed by atoms with Gasteiger partial charge in [-0.3, -0.25) is 0 Å². The van der Waals surface area contributed by atoms with Crippen molar-refractivity contribution < 1.29 is 4.74 Å². The summed E-state index contributed by atoms with van der Waals surface area (Å²) in [6.45, 7) is 4.87. The molecule has 0 saturated heterocycles. The number of rotatable bonds is 5. The minimum absolute atomic E-state index is 0.252. The Morgan fingerprint density at radius 1 is 1.43 bits per heavy atom. The molecule has 0 fully saturated rings. The van der Waals surface area contributed by atoms with Crippen molar-refractivity contribution in [1.29, 1.82) is 0 Å². The second kappa shape index (κ2) is 5.66. The first-order valence-electron chi connectivity index (χ1n) is 5.19. The van der Waals surface area contributed by atoms with Crippen molar-refractivity contribution in [3.05, 3.63) is 29.8 Å². The van der Waals surface area contributed by atoms with Gasteiger partial charge in [0.25, 0.3) is 0 Å². The van der Waals surface area contributed by atoms with Gasteiger partial charge in [-0.2, -0.15) is 0 Å². The third-order valence-electron chi connectivity index (χ3n) is 2.24. The van der Waals surface area contributed by atoms with E-state index in [0.29, 0.717) is 6.54 Å². The molecular formula is C12H19NO.